The fraction of sp³-hybridized carbons (Fsp3) is 0.333. The first-order chi connectivity index (χ1) is 7.76. The van der Waals surface area contributed by atoms with Crippen molar-refractivity contribution in [2.75, 3.05) is 5.88 Å². The van der Waals surface area contributed by atoms with E-state index in [4.69, 9.17) is 16.9 Å². The summed E-state index contributed by atoms with van der Waals surface area (Å²) in [6.45, 7) is 0.493. The standard InChI is InChI=1S/C12H13ClN2O/c13-7-1-2-12(16)15-9-11-5-3-10(8-14)4-6-11/h3-6H,1-2,7,9H2,(H,15,16). The molecule has 1 aromatic carbocycles. The molecule has 84 valence electrons. The van der Waals surface area contributed by atoms with Gasteiger partial charge in [0.25, 0.3) is 0 Å². The molecule has 1 amide bonds. The Morgan fingerprint density at radius 3 is 2.62 bits per heavy atom. The lowest BCUT2D eigenvalue weighted by Gasteiger charge is -2.04. The van der Waals surface area contributed by atoms with E-state index in [-0.39, 0.29) is 5.91 Å². The molecule has 16 heavy (non-hydrogen) atoms. The summed E-state index contributed by atoms with van der Waals surface area (Å²) in [5, 5.41) is 11.4. The highest BCUT2D eigenvalue weighted by Crippen LogP contribution is 2.03. The van der Waals surface area contributed by atoms with Crippen LogP contribution in [-0.2, 0) is 11.3 Å². The number of hydrogen-bond donors (Lipinski definition) is 1. The van der Waals surface area contributed by atoms with Crippen molar-refractivity contribution < 1.29 is 4.79 Å². The SMILES string of the molecule is N#Cc1ccc(CNC(=O)CCCCl)cc1. The Balaban J connectivity index is 2.37. The average molecular weight is 237 g/mol. The van der Waals surface area contributed by atoms with Gasteiger partial charge in [0.2, 0.25) is 5.91 Å². The third-order valence-electron chi connectivity index (χ3n) is 2.11. The van der Waals surface area contributed by atoms with Crippen LogP contribution in [0.4, 0.5) is 0 Å². The molecule has 0 saturated heterocycles. The number of halogens is 1. The molecule has 0 unspecified atom stereocenters. The molecule has 4 heteroatoms. The lowest BCUT2D eigenvalue weighted by molar-refractivity contribution is -0.121. The summed E-state index contributed by atoms with van der Waals surface area (Å²) in [4.78, 5) is 11.3. The predicted octanol–water partition coefficient (Wildman–Crippen LogP) is 2.19. The van der Waals surface area contributed by atoms with Gasteiger partial charge in [0.15, 0.2) is 0 Å². The fourth-order valence-electron chi connectivity index (χ4n) is 1.21. The summed E-state index contributed by atoms with van der Waals surface area (Å²) in [5.41, 5.74) is 1.61. The summed E-state index contributed by atoms with van der Waals surface area (Å²) >= 11 is 5.49. The smallest absolute Gasteiger partial charge is 0.220 e. The van der Waals surface area contributed by atoms with Crippen molar-refractivity contribution in [1.82, 2.24) is 5.32 Å². The number of benzene rings is 1. The number of alkyl halides is 1. The van der Waals surface area contributed by atoms with Crippen LogP contribution in [0.2, 0.25) is 0 Å². The molecular formula is C12H13ClN2O. The second-order valence-corrected chi connectivity index (χ2v) is 3.76. The van der Waals surface area contributed by atoms with E-state index in [2.05, 4.69) is 5.32 Å². The Labute approximate surface area is 100 Å². The Morgan fingerprint density at radius 1 is 1.38 bits per heavy atom. The van der Waals surface area contributed by atoms with Gasteiger partial charge in [-0.3, -0.25) is 4.79 Å². The van der Waals surface area contributed by atoms with E-state index in [1.165, 1.54) is 0 Å². The molecule has 1 rings (SSSR count). The van der Waals surface area contributed by atoms with Crippen LogP contribution in [-0.4, -0.2) is 11.8 Å². The number of amides is 1. The van der Waals surface area contributed by atoms with Gasteiger partial charge in [-0.2, -0.15) is 5.26 Å². The number of hydrogen-bond acceptors (Lipinski definition) is 2. The largest absolute Gasteiger partial charge is 0.352 e. The molecular weight excluding hydrogens is 224 g/mol. The van der Waals surface area contributed by atoms with E-state index in [1.54, 1.807) is 12.1 Å². The van der Waals surface area contributed by atoms with Gasteiger partial charge in [0.1, 0.15) is 0 Å². The molecule has 0 aliphatic rings. The lowest BCUT2D eigenvalue weighted by Crippen LogP contribution is -2.22. The van der Waals surface area contributed by atoms with Gasteiger partial charge in [0.05, 0.1) is 11.6 Å². The highest BCUT2D eigenvalue weighted by Gasteiger charge is 2.00. The van der Waals surface area contributed by atoms with Gasteiger partial charge in [0, 0.05) is 18.8 Å². The van der Waals surface area contributed by atoms with Gasteiger partial charge in [-0.05, 0) is 24.1 Å². The first-order valence-corrected chi connectivity index (χ1v) is 5.61. The van der Waals surface area contributed by atoms with Gasteiger partial charge in [-0.1, -0.05) is 12.1 Å². The summed E-state index contributed by atoms with van der Waals surface area (Å²) in [5.74, 6) is 0.509. The van der Waals surface area contributed by atoms with Crippen molar-refractivity contribution in [3.63, 3.8) is 0 Å². The fourth-order valence-corrected chi connectivity index (χ4v) is 1.35. The van der Waals surface area contributed by atoms with Crippen LogP contribution in [0, 0.1) is 11.3 Å². The molecule has 0 saturated carbocycles. The summed E-state index contributed by atoms with van der Waals surface area (Å²) in [6, 6.07) is 9.19. The van der Waals surface area contributed by atoms with Crippen LogP contribution >= 0.6 is 11.6 Å². The number of nitrogens with one attached hydrogen (secondary N) is 1. The van der Waals surface area contributed by atoms with E-state index in [0.717, 1.165) is 5.56 Å². The maximum Gasteiger partial charge on any atom is 0.220 e. The molecule has 0 fully saturated rings. The number of nitriles is 1. The Kier molecular flexibility index (Phi) is 5.38. The van der Waals surface area contributed by atoms with Crippen LogP contribution < -0.4 is 5.32 Å². The predicted molar refractivity (Wildman–Crippen MR) is 63.0 cm³/mol. The molecule has 0 atom stereocenters. The van der Waals surface area contributed by atoms with Crippen LogP contribution in [0.3, 0.4) is 0 Å². The second-order valence-electron chi connectivity index (χ2n) is 3.38. The van der Waals surface area contributed by atoms with E-state index in [9.17, 15) is 4.79 Å². The number of carbonyl (C=O) groups excluding carboxylic acids is 1. The minimum absolute atomic E-state index is 0.00464. The normalized spacial score (nSPS) is 9.50. The third-order valence-corrected chi connectivity index (χ3v) is 2.38. The molecule has 0 radical (unpaired) electrons. The Bertz CT molecular complexity index is 381. The minimum atomic E-state index is 0.00464. The van der Waals surface area contributed by atoms with Crippen LogP contribution in [0.5, 0.6) is 0 Å². The van der Waals surface area contributed by atoms with Crippen molar-refractivity contribution in [2.24, 2.45) is 0 Å². The Hall–Kier alpha value is -1.53. The number of nitrogens with zero attached hydrogens (tertiary/aromatic N) is 1. The van der Waals surface area contributed by atoms with E-state index in [1.807, 2.05) is 18.2 Å². The van der Waals surface area contributed by atoms with Crippen molar-refractivity contribution in [2.45, 2.75) is 19.4 Å². The van der Waals surface area contributed by atoms with Gasteiger partial charge >= 0.3 is 0 Å². The van der Waals surface area contributed by atoms with Gasteiger partial charge in [-0.15, -0.1) is 11.6 Å². The van der Waals surface area contributed by atoms with Crippen LogP contribution in [0.15, 0.2) is 24.3 Å². The first kappa shape index (κ1) is 12.5. The molecule has 0 aliphatic heterocycles. The van der Waals surface area contributed by atoms with Crippen molar-refractivity contribution >= 4 is 17.5 Å². The van der Waals surface area contributed by atoms with E-state index >= 15 is 0 Å². The first-order valence-electron chi connectivity index (χ1n) is 5.08. The van der Waals surface area contributed by atoms with Crippen molar-refractivity contribution in [3.05, 3.63) is 35.4 Å². The van der Waals surface area contributed by atoms with Gasteiger partial charge in [-0.25, -0.2) is 0 Å². The molecule has 0 aliphatic carbocycles. The lowest BCUT2D eigenvalue weighted by atomic mass is 10.1. The van der Waals surface area contributed by atoms with Crippen LogP contribution in [0.25, 0.3) is 0 Å². The second kappa shape index (κ2) is 6.86. The number of carbonyl (C=O) groups is 1. The molecule has 0 heterocycles. The quantitative estimate of drug-likeness (QED) is 0.797. The minimum Gasteiger partial charge on any atom is -0.352 e. The maximum absolute atomic E-state index is 11.3. The van der Waals surface area contributed by atoms with Crippen molar-refractivity contribution in [1.29, 1.82) is 5.26 Å². The van der Waals surface area contributed by atoms with Crippen LogP contribution in [0.1, 0.15) is 24.0 Å². The summed E-state index contributed by atoms with van der Waals surface area (Å²) < 4.78 is 0. The maximum atomic E-state index is 11.3. The zero-order valence-corrected chi connectivity index (χ0v) is 9.63. The molecule has 1 N–H and O–H groups in total. The van der Waals surface area contributed by atoms with Gasteiger partial charge < -0.3 is 5.32 Å². The highest BCUT2D eigenvalue weighted by molar-refractivity contribution is 6.17. The molecule has 0 bridgehead atoms. The highest BCUT2D eigenvalue weighted by atomic mass is 35.5. The molecule has 0 aromatic heterocycles. The Morgan fingerprint density at radius 2 is 2.06 bits per heavy atom. The molecule has 0 spiro atoms. The zero-order chi connectivity index (χ0) is 11.8. The van der Waals surface area contributed by atoms with Crippen molar-refractivity contribution in [3.8, 4) is 6.07 Å². The average Bonchev–Trinajstić information content (AvgIpc) is 2.34. The van der Waals surface area contributed by atoms with E-state index in [0.29, 0.717) is 30.8 Å². The third kappa shape index (κ3) is 4.33. The zero-order valence-electron chi connectivity index (χ0n) is 8.87. The molecule has 1 aromatic rings. The summed E-state index contributed by atoms with van der Waals surface area (Å²) in [7, 11) is 0. The summed E-state index contributed by atoms with van der Waals surface area (Å²) in [6.07, 6.45) is 1.15. The topological polar surface area (TPSA) is 52.9 Å². The monoisotopic (exact) mass is 236 g/mol. The van der Waals surface area contributed by atoms with E-state index < -0.39 is 0 Å². The molecule has 3 nitrogen and oxygen atoms in total. The number of rotatable bonds is 5.